The van der Waals surface area contributed by atoms with Crippen LogP contribution in [-0.2, 0) is 0 Å². The summed E-state index contributed by atoms with van der Waals surface area (Å²) in [4.78, 5) is 14.6. The molecule has 0 aromatic heterocycles. The van der Waals surface area contributed by atoms with Crippen molar-refractivity contribution in [2.75, 3.05) is 12.3 Å². The third-order valence-electron chi connectivity index (χ3n) is 4.38. The highest BCUT2D eigenvalue weighted by Crippen LogP contribution is 2.40. The van der Waals surface area contributed by atoms with Crippen LogP contribution in [0.4, 0.5) is 8.78 Å². The first-order chi connectivity index (χ1) is 12.1. The average molecular weight is 355 g/mol. The summed E-state index contributed by atoms with van der Waals surface area (Å²) < 4.78 is 27.3. The second kappa shape index (κ2) is 6.48. The van der Waals surface area contributed by atoms with Crippen molar-refractivity contribution >= 4 is 28.4 Å². The van der Waals surface area contributed by atoms with Crippen molar-refractivity contribution in [2.45, 2.75) is 5.37 Å². The van der Waals surface area contributed by atoms with E-state index in [1.165, 1.54) is 23.9 Å². The topological polar surface area (TPSA) is 20.3 Å². The Kier molecular flexibility index (Phi) is 4.17. The number of benzene rings is 3. The number of thioether (sulfide) groups is 1. The lowest BCUT2D eigenvalue weighted by molar-refractivity contribution is 0.0759. The molecule has 2 nitrogen and oxygen atoms in total. The number of amides is 1. The fourth-order valence-corrected chi connectivity index (χ4v) is 4.40. The molecule has 1 aliphatic rings. The van der Waals surface area contributed by atoms with Gasteiger partial charge in [-0.3, -0.25) is 4.79 Å². The van der Waals surface area contributed by atoms with Crippen LogP contribution in [0.5, 0.6) is 0 Å². The summed E-state index contributed by atoms with van der Waals surface area (Å²) in [5.74, 6) is -0.641. The molecule has 0 spiro atoms. The van der Waals surface area contributed by atoms with Crippen LogP contribution in [0.1, 0.15) is 21.3 Å². The van der Waals surface area contributed by atoms with Gasteiger partial charge < -0.3 is 4.90 Å². The van der Waals surface area contributed by atoms with Gasteiger partial charge >= 0.3 is 0 Å². The van der Waals surface area contributed by atoms with Crippen molar-refractivity contribution in [3.05, 3.63) is 83.4 Å². The molecule has 1 aliphatic heterocycles. The summed E-state index contributed by atoms with van der Waals surface area (Å²) in [5.41, 5.74) is 0.923. The highest BCUT2D eigenvalue weighted by molar-refractivity contribution is 7.99. The Morgan fingerprint density at radius 3 is 2.60 bits per heavy atom. The average Bonchev–Trinajstić information content (AvgIpc) is 3.10. The van der Waals surface area contributed by atoms with Crippen molar-refractivity contribution in [2.24, 2.45) is 0 Å². The Hall–Kier alpha value is -2.40. The molecule has 0 saturated carbocycles. The maximum Gasteiger partial charge on any atom is 0.255 e. The molecule has 5 heteroatoms. The van der Waals surface area contributed by atoms with E-state index >= 15 is 0 Å². The standard InChI is InChI=1S/C20H15F2NOS/c21-16-7-8-17(18(22)12-16)20-23(9-10-25-20)19(24)15-6-5-13-3-1-2-4-14(13)11-15/h1-8,11-12,20H,9-10H2/t20-/m1/s1. The van der Waals surface area contributed by atoms with Crippen molar-refractivity contribution < 1.29 is 13.6 Å². The molecule has 25 heavy (non-hydrogen) atoms. The zero-order valence-electron chi connectivity index (χ0n) is 13.3. The molecule has 0 aliphatic carbocycles. The molecular weight excluding hydrogens is 340 g/mol. The van der Waals surface area contributed by atoms with E-state index in [1.54, 1.807) is 11.0 Å². The minimum Gasteiger partial charge on any atom is -0.322 e. The van der Waals surface area contributed by atoms with Crippen LogP contribution in [0.2, 0.25) is 0 Å². The Bertz CT molecular complexity index is 959. The molecular formula is C20H15F2NOS. The Labute approximate surface area is 148 Å². The van der Waals surface area contributed by atoms with Gasteiger partial charge in [-0.1, -0.05) is 36.4 Å². The molecule has 3 aromatic rings. The number of hydrogen-bond acceptors (Lipinski definition) is 2. The number of halogens is 2. The monoisotopic (exact) mass is 355 g/mol. The molecule has 1 amide bonds. The van der Waals surface area contributed by atoms with Gasteiger partial charge in [0.15, 0.2) is 0 Å². The second-order valence-electron chi connectivity index (χ2n) is 5.95. The van der Waals surface area contributed by atoms with E-state index in [4.69, 9.17) is 0 Å². The van der Waals surface area contributed by atoms with Crippen LogP contribution in [0.3, 0.4) is 0 Å². The first-order valence-electron chi connectivity index (χ1n) is 8.00. The Balaban J connectivity index is 1.67. The van der Waals surface area contributed by atoms with E-state index in [2.05, 4.69) is 0 Å². The van der Waals surface area contributed by atoms with Crippen molar-refractivity contribution in [1.29, 1.82) is 0 Å². The number of nitrogens with zero attached hydrogens (tertiary/aromatic N) is 1. The van der Waals surface area contributed by atoms with Crippen molar-refractivity contribution in [3.63, 3.8) is 0 Å². The van der Waals surface area contributed by atoms with Gasteiger partial charge in [0.05, 0.1) is 0 Å². The molecule has 1 fully saturated rings. The van der Waals surface area contributed by atoms with Gasteiger partial charge in [-0.05, 0) is 29.0 Å². The fourth-order valence-electron chi connectivity index (χ4n) is 3.13. The lowest BCUT2D eigenvalue weighted by Crippen LogP contribution is -2.30. The molecule has 0 radical (unpaired) electrons. The fraction of sp³-hybridized carbons (Fsp3) is 0.150. The predicted molar refractivity (Wildman–Crippen MR) is 96.5 cm³/mol. The smallest absolute Gasteiger partial charge is 0.255 e. The molecule has 1 atom stereocenters. The van der Waals surface area contributed by atoms with E-state index in [9.17, 15) is 13.6 Å². The van der Waals surface area contributed by atoms with Crippen molar-refractivity contribution in [3.8, 4) is 0 Å². The maximum atomic E-state index is 14.2. The van der Waals surface area contributed by atoms with Crippen molar-refractivity contribution in [1.82, 2.24) is 4.90 Å². The molecule has 0 N–H and O–H groups in total. The second-order valence-corrected chi connectivity index (χ2v) is 7.14. The number of carbonyl (C=O) groups excluding carboxylic acids is 1. The quantitative estimate of drug-likeness (QED) is 0.644. The van der Waals surface area contributed by atoms with Gasteiger partial charge in [0.2, 0.25) is 0 Å². The summed E-state index contributed by atoms with van der Waals surface area (Å²) >= 11 is 1.49. The number of rotatable bonds is 2. The first kappa shape index (κ1) is 16.1. The predicted octanol–water partition coefficient (Wildman–Crippen LogP) is 5.01. The molecule has 0 unspecified atom stereocenters. The molecule has 1 heterocycles. The normalized spacial score (nSPS) is 17.2. The number of carbonyl (C=O) groups is 1. The van der Waals surface area contributed by atoms with E-state index in [-0.39, 0.29) is 5.91 Å². The zero-order valence-corrected chi connectivity index (χ0v) is 14.1. The van der Waals surface area contributed by atoms with Gasteiger partial charge in [0.1, 0.15) is 17.0 Å². The van der Waals surface area contributed by atoms with Crippen LogP contribution in [0.25, 0.3) is 10.8 Å². The molecule has 126 valence electrons. The Morgan fingerprint density at radius 1 is 1.00 bits per heavy atom. The van der Waals surface area contributed by atoms with Crippen LogP contribution < -0.4 is 0 Å². The number of hydrogen-bond donors (Lipinski definition) is 0. The van der Waals surface area contributed by atoms with Gasteiger partial charge in [-0.2, -0.15) is 0 Å². The van der Waals surface area contributed by atoms with Crippen LogP contribution in [0, 0.1) is 11.6 Å². The summed E-state index contributed by atoms with van der Waals surface area (Å²) in [5, 5.41) is 1.63. The van der Waals surface area contributed by atoms with E-state index in [1.807, 2.05) is 36.4 Å². The summed E-state index contributed by atoms with van der Waals surface area (Å²) in [6.07, 6.45) is 0. The van der Waals surface area contributed by atoms with Gasteiger partial charge in [0, 0.05) is 29.5 Å². The molecule has 0 bridgehead atoms. The van der Waals surface area contributed by atoms with E-state index < -0.39 is 17.0 Å². The third kappa shape index (κ3) is 3.00. The minimum atomic E-state index is -0.615. The highest BCUT2D eigenvalue weighted by Gasteiger charge is 2.33. The first-order valence-corrected chi connectivity index (χ1v) is 9.05. The zero-order chi connectivity index (χ0) is 17.4. The molecule has 1 saturated heterocycles. The third-order valence-corrected chi connectivity index (χ3v) is 5.62. The van der Waals surface area contributed by atoms with Gasteiger partial charge in [-0.25, -0.2) is 8.78 Å². The van der Waals surface area contributed by atoms with E-state index in [0.29, 0.717) is 17.7 Å². The SMILES string of the molecule is O=C(c1ccc2ccccc2c1)N1CCS[C@@H]1c1ccc(F)cc1F. The summed E-state index contributed by atoms with van der Waals surface area (Å²) in [6, 6.07) is 16.9. The molecule has 4 rings (SSSR count). The number of fused-ring (bicyclic) bond motifs is 1. The maximum absolute atomic E-state index is 14.2. The van der Waals surface area contributed by atoms with Gasteiger partial charge in [0.25, 0.3) is 5.91 Å². The van der Waals surface area contributed by atoms with Crippen LogP contribution >= 0.6 is 11.8 Å². The lowest BCUT2D eigenvalue weighted by Gasteiger charge is -2.24. The van der Waals surface area contributed by atoms with Crippen LogP contribution in [-0.4, -0.2) is 23.1 Å². The lowest BCUT2D eigenvalue weighted by atomic mass is 10.1. The van der Waals surface area contributed by atoms with E-state index in [0.717, 1.165) is 22.6 Å². The Morgan fingerprint density at radius 2 is 1.80 bits per heavy atom. The minimum absolute atomic E-state index is 0.135. The van der Waals surface area contributed by atoms with Crippen LogP contribution in [0.15, 0.2) is 60.7 Å². The largest absolute Gasteiger partial charge is 0.322 e. The highest BCUT2D eigenvalue weighted by atomic mass is 32.2. The summed E-state index contributed by atoms with van der Waals surface area (Å²) in [7, 11) is 0. The summed E-state index contributed by atoms with van der Waals surface area (Å²) in [6.45, 7) is 0.539. The molecule has 3 aromatic carbocycles. The van der Waals surface area contributed by atoms with Gasteiger partial charge in [-0.15, -0.1) is 11.8 Å².